The number of H-pyrrole nitrogens is 1. The molecule has 6 atom stereocenters. The van der Waals surface area contributed by atoms with Crippen LogP contribution in [0.4, 0.5) is 0 Å². The quantitative estimate of drug-likeness (QED) is 0.312. The molecule has 1 unspecified atom stereocenters. The zero-order chi connectivity index (χ0) is 28.7. The zero-order valence-corrected chi connectivity index (χ0v) is 26.1. The number of benzene rings is 2. The van der Waals surface area contributed by atoms with Gasteiger partial charge in [-0.2, -0.15) is 0 Å². The van der Waals surface area contributed by atoms with Gasteiger partial charge in [0.15, 0.2) is 0 Å². The first kappa shape index (κ1) is 28.7. The third kappa shape index (κ3) is 5.56. The Morgan fingerprint density at radius 1 is 1.07 bits per heavy atom. The fourth-order valence-corrected chi connectivity index (χ4v) is 12.7. The molecule has 6 rings (SSSR count). The fourth-order valence-electron chi connectivity index (χ4n) is 6.72. The van der Waals surface area contributed by atoms with Crippen LogP contribution in [-0.2, 0) is 13.8 Å². The van der Waals surface area contributed by atoms with Crippen LogP contribution in [-0.4, -0.2) is 53.2 Å². The lowest BCUT2D eigenvalue weighted by molar-refractivity contribution is -0.0399. The highest BCUT2D eigenvalue weighted by Crippen LogP contribution is 2.59. The van der Waals surface area contributed by atoms with E-state index in [2.05, 4.69) is 90.7 Å². The molecule has 8 nitrogen and oxygen atoms in total. The lowest BCUT2D eigenvalue weighted by Gasteiger charge is -2.32. The second kappa shape index (κ2) is 11.7. The molecule has 0 aliphatic carbocycles. The third-order valence-electron chi connectivity index (χ3n) is 9.02. The second-order valence-corrected chi connectivity index (χ2v) is 17.8. The van der Waals surface area contributed by atoms with Crippen molar-refractivity contribution >= 4 is 27.0 Å². The van der Waals surface area contributed by atoms with E-state index in [1.165, 1.54) is 14.9 Å². The number of aromatic amines is 1. The number of rotatable bonds is 8. The highest BCUT2D eigenvalue weighted by atomic mass is 31.2. The molecule has 1 N–H and O–H groups in total. The number of nitrogens with zero attached hydrogens (tertiary/aromatic N) is 2. The normalized spacial score (nSPS) is 28.4. The lowest BCUT2D eigenvalue weighted by atomic mass is 10.0. The van der Waals surface area contributed by atoms with E-state index >= 15 is 0 Å². The molecular weight excluding hydrogens is 553 g/mol. The van der Waals surface area contributed by atoms with Crippen LogP contribution in [0.2, 0.25) is 12.6 Å². The summed E-state index contributed by atoms with van der Waals surface area (Å²) in [5.74, 6) is 0.194. The van der Waals surface area contributed by atoms with Gasteiger partial charge in [-0.3, -0.25) is 14.3 Å². The molecule has 0 saturated carbocycles. The smallest absolute Gasteiger partial charge is 0.330 e. The van der Waals surface area contributed by atoms with Crippen LogP contribution in [0.1, 0.15) is 44.9 Å². The van der Waals surface area contributed by atoms with Gasteiger partial charge in [0.05, 0.1) is 18.3 Å². The summed E-state index contributed by atoms with van der Waals surface area (Å²) in [4.78, 5) is 27.0. The maximum Gasteiger partial charge on any atom is 0.330 e. The van der Waals surface area contributed by atoms with Gasteiger partial charge in [0, 0.05) is 30.8 Å². The summed E-state index contributed by atoms with van der Waals surface area (Å²) >= 11 is 0. The van der Waals surface area contributed by atoms with Crippen LogP contribution in [0, 0.1) is 12.8 Å². The van der Waals surface area contributed by atoms with Crippen molar-refractivity contribution in [1.82, 2.24) is 14.2 Å². The minimum Gasteiger partial charge on any atom is -0.352 e. The second-order valence-electron chi connectivity index (χ2n) is 12.2. The summed E-state index contributed by atoms with van der Waals surface area (Å²) in [5, 5.41) is 2.84. The molecule has 10 heteroatoms. The summed E-state index contributed by atoms with van der Waals surface area (Å²) in [6.45, 7) is 9.37. The molecule has 3 aliphatic rings. The SMILES string of the molecule is Cc1cn([C@H]2C[C@@H](OP3O[C@H](C[Si](C)(c4ccccc4)c4ccccc4)[C@@H]4CCCN43)[C@@H](C(C)C)O2)c(=O)[nH]c1=O. The number of aromatic nitrogens is 2. The van der Waals surface area contributed by atoms with Crippen molar-refractivity contribution in [2.24, 2.45) is 5.92 Å². The number of ether oxygens (including phenoxy) is 1. The molecule has 4 heterocycles. The molecule has 3 aliphatic heterocycles. The number of nitrogens with one attached hydrogen (secondary N) is 1. The van der Waals surface area contributed by atoms with Crippen LogP contribution < -0.4 is 21.6 Å². The van der Waals surface area contributed by atoms with Crippen LogP contribution in [0.5, 0.6) is 0 Å². The van der Waals surface area contributed by atoms with Crippen molar-refractivity contribution in [3.63, 3.8) is 0 Å². The van der Waals surface area contributed by atoms with Gasteiger partial charge >= 0.3 is 5.69 Å². The molecule has 2 aromatic carbocycles. The fraction of sp³-hybridized carbons (Fsp3) is 0.484. The largest absolute Gasteiger partial charge is 0.352 e. The standard InChI is InChI=1S/C31H40N3O5PSi/c1-21(2)29-26(18-28(37-29)33-19-22(3)30(35)32-31(33)36)38-40-34-17-11-16-25(34)27(39-40)20-41(4,23-12-7-5-8-13-23)24-14-9-6-10-15-24/h5-10,12-15,19,21,25-29H,11,16-18,20H2,1-4H3,(H,32,35,36)/t25-,26+,27+,28+,29+,40?/m0/s1. The van der Waals surface area contributed by atoms with Gasteiger partial charge in [0.1, 0.15) is 14.3 Å². The molecule has 1 aromatic heterocycles. The average molecular weight is 594 g/mol. The monoisotopic (exact) mass is 593 g/mol. The van der Waals surface area contributed by atoms with Crippen molar-refractivity contribution in [3.05, 3.63) is 93.3 Å². The van der Waals surface area contributed by atoms with E-state index in [1.807, 2.05) is 0 Å². The van der Waals surface area contributed by atoms with E-state index in [0.29, 0.717) is 18.0 Å². The first-order valence-electron chi connectivity index (χ1n) is 14.7. The van der Waals surface area contributed by atoms with Crippen molar-refractivity contribution in [3.8, 4) is 0 Å². The lowest BCUT2D eigenvalue weighted by Crippen LogP contribution is -2.58. The molecule has 0 bridgehead atoms. The highest BCUT2D eigenvalue weighted by Gasteiger charge is 2.52. The van der Waals surface area contributed by atoms with Gasteiger partial charge in [0.25, 0.3) is 14.1 Å². The molecule has 3 aromatic rings. The van der Waals surface area contributed by atoms with Gasteiger partial charge in [-0.05, 0) is 31.7 Å². The maximum absolute atomic E-state index is 12.6. The van der Waals surface area contributed by atoms with Crippen molar-refractivity contribution in [2.45, 2.75) is 83.2 Å². The Hall–Kier alpha value is -2.39. The highest BCUT2D eigenvalue weighted by molar-refractivity contribution is 7.45. The molecule has 218 valence electrons. The van der Waals surface area contributed by atoms with E-state index in [-0.39, 0.29) is 29.8 Å². The Labute approximate surface area is 243 Å². The van der Waals surface area contributed by atoms with Crippen LogP contribution in [0.15, 0.2) is 76.4 Å². The van der Waals surface area contributed by atoms with E-state index in [4.69, 9.17) is 13.8 Å². The van der Waals surface area contributed by atoms with Crippen LogP contribution in [0.3, 0.4) is 0 Å². The minimum atomic E-state index is -2.09. The Morgan fingerprint density at radius 3 is 2.37 bits per heavy atom. The third-order valence-corrected chi connectivity index (χ3v) is 15.3. The predicted molar refractivity (Wildman–Crippen MR) is 164 cm³/mol. The van der Waals surface area contributed by atoms with Crippen LogP contribution in [0.25, 0.3) is 0 Å². The summed E-state index contributed by atoms with van der Waals surface area (Å²) in [7, 11) is -3.35. The Kier molecular flexibility index (Phi) is 8.20. The van der Waals surface area contributed by atoms with Gasteiger partial charge in [-0.25, -0.2) is 9.46 Å². The van der Waals surface area contributed by atoms with Crippen LogP contribution >= 0.6 is 8.53 Å². The average Bonchev–Trinajstić information content (AvgIpc) is 3.69. The van der Waals surface area contributed by atoms with Gasteiger partial charge < -0.3 is 13.8 Å². The summed E-state index contributed by atoms with van der Waals surface area (Å²) in [6, 6.07) is 23.2. The molecule has 3 fully saturated rings. The number of hydrogen-bond acceptors (Lipinski definition) is 6. The zero-order valence-electron chi connectivity index (χ0n) is 24.2. The van der Waals surface area contributed by atoms with E-state index in [1.54, 1.807) is 13.1 Å². The Balaban J connectivity index is 1.24. The predicted octanol–water partition coefficient (Wildman–Crippen LogP) is 4.16. The summed E-state index contributed by atoms with van der Waals surface area (Å²) in [5.41, 5.74) is -0.343. The van der Waals surface area contributed by atoms with E-state index in [0.717, 1.165) is 25.4 Å². The molecule has 0 spiro atoms. The first-order chi connectivity index (χ1) is 19.7. The van der Waals surface area contributed by atoms with Crippen molar-refractivity contribution < 1.29 is 13.8 Å². The summed E-state index contributed by atoms with van der Waals surface area (Å²) < 4.78 is 24.1. The van der Waals surface area contributed by atoms with Gasteiger partial charge in [-0.1, -0.05) is 91.4 Å². The van der Waals surface area contributed by atoms with Crippen molar-refractivity contribution in [1.29, 1.82) is 0 Å². The van der Waals surface area contributed by atoms with Crippen molar-refractivity contribution in [2.75, 3.05) is 6.54 Å². The molecular formula is C31H40N3O5PSi. The first-order valence-corrected chi connectivity index (χ1v) is 18.6. The molecule has 41 heavy (non-hydrogen) atoms. The van der Waals surface area contributed by atoms with E-state index in [9.17, 15) is 9.59 Å². The maximum atomic E-state index is 12.6. The van der Waals surface area contributed by atoms with Gasteiger partial charge in [0.2, 0.25) is 0 Å². The number of fused-ring (bicyclic) bond motifs is 1. The Morgan fingerprint density at radius 2 is 1.73 bits per heavy atom. The Bertz CT molecular complexity index is 1430. The van der Waals surface area contributed by atoms with E-state index < -0.39 is 28.5 Å². The molecule has 0 amide bonds. The summed E-state index contributed by atoms with van der Waals surface area (Å²) in [6.07, 6.45) is 3.59. The molecule has 0 radical (unpaired) electrons. The topological polar surface area (TPSA) is 85.8 Å². The van der Waals surface area contributed by atoms with Gasteiger partial charge in [-0.15, -0.1) is 0 Å². The number of aryl methyl sites for hydroxylation is 1. The minimum absolute atomic E-state index is 0.0979. The number of hydrogen-bond donors (Lipinski definition) is 1. The molecule has 3 saturated heterocycles.